The van der Waals surface area contributed by atoms with E-state index in [9.17, 15) is 0 Å². The number of ether oxygens (including phenoxy) is 1. The number of halogens is 4. The first-order valence-corrected chi connectivity index (χ1v) is 7.16. The van der Waals surface area contributed by atoms with E-state index in [4.69, 9.17) is 39.5 Å². The molecular formula is C13H8BrCl3O. The van der Waals surface area contributed by atoms with Gasteiger partial charge in [-0.2, -0.15) is 0 Å². The summed E-state index contributed by atoms with van der Waals surface area (Å²) in [5, 5.41) is 1.15. The molecule has 0 radical (unpaired) electrons. The van der Waals surface area contributed by atoms with Gasteiger partial charge >= 0.3 is 0 Å². The van der Waals surface area contributed by atoms with Crippen LogP contribution in [0.3, 0.4) is 0 Å². The lowest BCUT2D eigenvalue weighted by atomic mass is 10.2. The van der Waals surface area contributed by atoms with Gasteiger partial charge in [0.2, 0.25) is 0 Å². The van der Waals surface area contributed by atoms with Crippen molar-refractivity contribution in [3.63, 3.8) is 0 Å². The van der Waals surface area contributed by atoms with Gasteiger partial charge in [-0.1, -0.05) is 39.1 Å². The van der Waals surface area contributed by atoms with Crippen LogP contribution in [0.4, 0.5) is 0 Å². The van der Waals surface area contributed by atoms with Crippen molar-refractivity contribution in [2.45, 2.75) is 5.88 Å². The van der Waals surface area contributed by atoms with Crippen LogP contribution in [0.25, 0.3) is 0 Å². The van der Waals surface area contributed by atoms with Crippen molar-refractivity contribution in [2.75, 3.05) is 0 Å². The normalized spacial score (nSPS) is 10.4. The molecule has 0 amide bonds. The number of hydrogen-bond donors (Lipinski definition) is 0. The summed E-state index contributed by atoms with van der Waals surface area (Å²) in [6.45, 7) is 0. The van der Waals surface area contributed by atoms with Crippen LogP contribution in [0.1, 0.15) is 5.56 Å². The Morgan fingerprint density at radius 1 is 1.00 bits per heavy atom. The van der Waals surface area contributed by atoms with E-state index < -0.39 is 0 Å². The van der Waals surface area contributed by atoms with Gasteiger partial charge in [0.05, 0.1) is 10.9 Å². The smallest absolute Gasteiger partial charge is 0.146 e. The molecule has 0 fully saturated rings. The van der Waals surface area contributed by atoms with Crippen LogP contribution in [0.15, 0.2) is 40.9 Å². The summed E-state index contributed by atoms with van der Waals surface area (Å²) in [6.07, 6.45) is 0. The van der Waals surface area contributed by atoms with Crippen LogP contribution >= 0.6 is 50.7 Å². The fourth-order valence-corrected chi connectivity index (χ4v) is 2.54. The quantitative estimate of drug-likeness (QED) is 0.580. The minimum Gasteiger partial charge on any atom is -0.455 e. The molecule has 0 saturated heterocycles. The monoisotopic (exact) mass is 364 g/mol. The van der Waals surface area contributed by atoms with Gasteiger partial charge in [0.25, 0.3) is 0 Å². The third kappa shape index (κ3) is 3.33. The van der Waals surface area contributed by atoms with Crippen molar-refractivity contribution in [1.82, 2.24) is 0 Å². The number of hydrogen-bond acceptors (Lipinski definition) is 1. The highest BCUT2D eigenvalue weighted by molar-refractivity contribution is 9.10. The Kier molecular flexibility index (Phi) is 4.79. The van der Waals surface area contributed by atoms with Gasteiger partial charge in [0.1, 0.15) is 11.5 Å². The second-order valence-electron chi connectivity index (χ2n) is 3.56. The Hall–Kier alpha value is -0.410. The predicted octanol–water partition coefficient (Wildman–Crippen LogP) is 6.29. The fourth-order valence-electron chi connectivity index (χ4n) is 1.43. The first-order chi connectivity index (χ1) is 8.60. The predicted molar refractivity (Wildman–Crippen MR) is 80.2 cm³/mol. The molecule has 0 spiro atoms. The van der Waals surface area contributed by atoms with Crippen LogP contribution in [-0.4, -0.2) is 0 Å². The molecule has 0 unspecified atom stereocenters. The molecule has 0 N–H and O–H groups in total. The summed E-state index contributed by atoms with van der Waals surface area (Å²) in [5.41, 5.74) is 0.822. The van der Waals surface area contributed by atoms with E-state index in [1.165, 1.54) is 0 Å². The van der Waals surface area contributed by atoms with E-state index in [1.807, 2.05) is 6.07 Å². The van der Waals surface area contributed by atoms with E-state index in [0.29, 0.717) is 27.4 Å². The average molecular weight is 366 g/mol. The minimum absolute atomic E-state index is 0.323. The highest BCUT2D eigenvalue weighted by Crippen LogP contribution is 2.34. The molecule has 0 atom stereocenters. The first-order valence-electron chi connectivity index (χ1n) is 5.07. The molecule has 2 aromatic carbocycles. The average Bonchev–Trinajstić information content (AvgIpc) is 2.34. The third-order valence-electron chi connectivity index (χ3n) is 2.28. The maximum Gasteiger partial charge on any atom is 0.146 e. The van der Waals surface area contributed by atoms with Gasteiger partial charge in [-0.15, -0.1) is 11.6 Å². The van der Waals surface area contributed by atoms with Crippen molar-refractivity contribution in [1.29, 1.82) is 0 Å². The maximum atomic E-state index is 6.09. The third-order valence-corrected chi connectivity index (χ3v) is 3.59. The molecular weight excluding hydrogens is 358 g/mol. The topological polar surface area (TPSA) is 9.23 Å². The van der Waals surface area contributed by atoms with Gasteiger partial charge in [0.15, 0.2) is 0 Å². The Morgan fingerprint density at radius 3 is 2.39 bits per heavy atom. The summed E-state index contributed by atoms with van der Waals surface area (Å²) in [5.74, 6) is 1.55. The van der Waals surface area contributed by atoms with Crippen molar-refractivity contribution in [3.05, 3.63) is 56.5 Å². The van der Waals surface area contributed by atoms with E-state index in [2.05, 4.69) is 15.9 Å². The van der Waals surface area contributed by atoms with Crippen LogP contribution in [0.2, 0.25) is 10.0 Å². The van der Waals surface area contributed by atoms with Crippen molar-refractivity contribution >= 4 is 50.7 Å². The maximum absolute atomic E-state index is 6.09. The number of rotatable bonds is 3. The van der Waals surface area contributed by atoms with Crippen LogP contribution in [0.5, 0.6) is 11.5 Å². The van der Waals surface area contributed by atoms with Gasteiger partial charge < -0.3 is 4.74 Å². The Balaban J connectivity index is 2.33. The fraction of sp³-hybridized carbons (Fsp3) is 0.0769. The molecule has 2 aromatic rings. The van der Waals surface area contributed by atoms with Crippen molar-refractivity contribution < 1.29 is 4.74 Å². The Labute approximate surface area is 129 Å². The second kappa shape index (κ2) is 6.16. The zero-order chi connectivity index (χ0) is 13.1. The molecule has 0 aromatic heterocycles. The summed E-state index contributed by atoms with van der Waals surface area (Å²) < 4.78 is 6.64. The second-order valence-corrected chi connectivity index (χ2v) is 5.59. The van der Waals surface area contributed by atoms with Gasteiger partial charge in [-0.05, 0) is 36.4 Å². The van der Waals surface area contributed by atoms with Crippen LogP contribution in [0, 0.1) is 0 Å². The van der Waals surface area contributed by atoms with E-state index in [1.54, 1.807) is 30.3 Å². The molecule has 0 aliphatic carbocycles. The molecule has 0 bridgehead atoms. The summed E-state index contributed by atoms with van der Waals surface area (Å²) in [7, 11) is 0. The SMILES string of the molecule is ClCc1cc(Cl)ccc1Oc1ccc(Br)cc1Cl. The molecule has 5 heteroatoms. The molecule has 18 heavy (non-hydrogen) atoms. The summed E-state index contributed by atoms with van der Waals surface area (Å²) in [4.78, 5) is 0. The first kappa shape index (κ1) is 14.0. The van der Waals surface area contributed by atoms with Gasteiger partial charge in [-0.25, -0.2) is 0 Å². The van der Waals surface area contributed by atoms with Crippen LogP contribution in [-0.2, 0) is 5.88 Å². The van der Waals surface area contributed by atoms with E-state index in [-0.39, 0.29) is 0 Å². The molecule has 0 saturated carbocycles. The van der Waals surface area contributed by atoms with E-state index in [0.717, 1.165) is 10.0 Å². The van der Waals surface area contributed by atoms with Crippen molar-refractivity contribution in [3.8, 4) is 11.5 Å². The van der Waals surface area contributed by atoms with Crippen molar-refractivity contribution in [2.24, 2.45) is 0 Å². The number of alkyl halides is 1. The highest BCUT2D eigenvalue weighted by atomic mass is 79.9. The molecule has 0 aliphatic rings. The summed E-state index contributed by atoms with van der Waals surface area (Å²) >= 11 is 21.2. The minimum atomic E-state index is 0.323. The van der Waals surface area contributed by atoms with Crippen LogP contribution < -0.4 is 4.74 Å². The molecule has 2 rings (SSSR count). The zero-order valence-electron chi connectivity index (χ0n) is 9.09. The lowest BCUT2D eigenvalue weighted by Crippen LogP contribution is -1.90. The Morgan fingerprint density at radius 2 is 1.72 bits per heavy atom. The largest absolute Gasteiger partial charge is 0.455 e. The summed E-state index contributed by atoms with van der Waals surface area (Å²) in [6, 6.07) is 10.7. The molecule has 0 heterocycles. The standard InChI is InChI=1S/C13H8BrCl3O/c14-9-1-3-13(11(17)6-9)18-12-4-2-10(16)5-8(12)7-15/h1-6H,7H2. The number of benzene rings is 2. The van der Waals surface area contributed by atoms with Gasteiger partial charge in [-0.3, -0.25) is 0 Å². The zero-order valence-corrected chi connectivity index (χ0v) is 12.9. The lowest BCUT2D eigenvalue weighted by molar-refractivity contribution is 0.478. The Bertz CT molecular complexity index is 572. The van der Waals surface area contributed by atoms with Gasteiger partial charge in [0, 0.05) is 15.1 Å². The lowest BCUT2D eigenvalue weighted by Gasteiger charge is -2.11. The van der Waals surface area contributed by atoms with E-state index >= 15 is 0 Å². The molecule has 1 nitrogen and oxygen atoms in total. The highest BCUT2D eigenvalue weighted by Gasteiger charge is 2.08. The molecule has 94 valence electrons. The molecule has 0 aliphatic heterocycles.